The van der Waals surface area contributed by atoms with Gasteiger partial charge >= 0.3 is 0 Å². The van der Waals surface area contributed by atoms with E-state index in [-0.39, 0.29) is 5.82 Å². The van der Waals surface area contributed by atoms with E-state index in [1.165, 1.54) is 6.07 Å². The summed E-state index contributed by atoms with van der Waals surface area (Å²) in [6.45, 7) is 1.83. The van der Waals surface area contributed by atoms with Gasteiger partial charge in [-0.3, -0.25) is 0 Å². The first kappa shape index (κ1) is 8.02. The molecule has 0 saturated heterocycles. The topological polar surface area (TPSA) is 0 Å². The van der Waals surface area contributed by atoms with Gasteiger partial charge in [-0.25, -0.2) is 4.39 Å². The summed E-state index contributed by atoms with van der Waals surface area (Å²) in [4.78, 5) is 0. The highest BCUT2D eigenvalue weighted by Crippen LogP contribution is 2.23. The van der Waals surface area contributed by atoms with Crippen LogP contribution in [0.4, 0.5) is 4.39 Å². The third-order valence-electron chi connectivity index (χ3n) is 1.20. The molecule has 0 nitrogen and oxygen atoms in total. The molecule has 0 heterocycles. The van der Waals surface area contributed by atoms with E-state index in [1.54, 1.807) is 6.07 Å². The van der Waals surface area contributed by atoms with Crippen LogP contribution in [0, 0.1) is 12.7 Å². The number of halogens is 3. The van der Waals surface area contributed by atoms with Crippen LogP contribution in [0.2, 0.25) is 5.02 Å². The van der Waals surface area contributed by atoms with E-state index in [0.717, 1.165) is 5.56 Å². The highest BCUT2D eigenvalue weighted by Gasteiger charge is 2.01. The summed E-state index contributed by atoms with van der Waals surface area (Å²) in [6, 6.07) is 2.94. The summed E-state index contributed by atoms with van der Waals surface area (Å²) in [6.07, 6.45) is 0. The number of hydrogen-bond acceptors (Lipinski definition) is 0. The normalized spacial score (nSPS) is 10.0. The Labute approximate surface area is 72.1 Å². The Kier molecular flexibility index (Phi) is 2.32. The third-order valence-corrected chi connectivity index (χ3v) is 2.22. The van der Waals surface area contributed by atoms with E-state index in [1.807, 2.05) is 6.92 Å². The average Bonchev–Trinajstić information content (AvgIpc) is 1.84. The van der Waals surface area contributed by atoms with Crippen molar-refractivity contribution in [2.24, 2.45) is 0 Å². The van der Waals surface area contributed by atoms with Crippen LogP contribution < -0.4 is 0 Å². The molecule has 0 spiro atoms. The van der Waals surface area contributed by atoms with Gasteiger partial charge in [0, 0.05) is 5.02 Å². The lowest BCUT2D eigenvalue weighted by Gasteiger charge is -1.98. The van der Waals surface area contributed by atoms with E-state index >= 15 is 0 Å². The molecule has 0 radical (unpaired) electrons. The van der Waals surface area contributed by atoms with Gasteiger partial charge in [-0.1, -0.05) is 11.6 Å². The molecule has 0 amide bonds. The number of aryl methyl sites for hydroxylation is 1. The van der Waals surface area contributed by atoms with E-state index < -0.39 is 0 Å². The second-order valence-corrected chi connectivity index (χ2v) is 3.28. The Morgan fingerprint density at radius 2 is 2.10 bits per heavy atom. The minimum atomic E-state index is -0.324. The SMILES string of the molecule is Cc1cc(Br)c(F)cc1Cl. The molecule has 0 aliphatic heterocycles. The molecular formula is C7H5BrClF. The van der Waals surface area contributed by atoms with Gasteiger partial charge in [-0.2, -0.15) is 0 Å². The second-order valence-electron chi connectivity index (χ2n) is 2.02. The fourth-order valence-corrected chi connectivity index (χ4v) is 1.23. The number of benzene rings is 1. The minimum absolute atomic E-state index is 0.324. The van der Waals surface area contributed by atoms with Crippen molar-refractivity contribution in [1.82, 2.24) is 0 Å². The van der Waals surface area contributed by atoms with Gasteiger partial charge in [0.15, 0.2) is 0 Å². The predicted octanol–water partition coefficient (Wildman–Crippen LogP) is 3.55. The molecule has 0 aliphatic carbocycles. The summed E-state index contributed by atoms with van der Waals surface area (Å²) in [5.74, 6) is -0.324. The van der Waals surface area contributed by atoms with Crippen molar-refractivity contribution in [2.45, 2.75) is 6.92 Å². The molecule has 54 valence electrons. The summed E-state index contributed by atoms with van der Waals surface area (Å²) in [7, 11) is 0. The van der Waals surface area contributed by atoms with Crippen molar-refractivity contribution in [2.75, 3.05) is 0 Å². The fraction of sp³-hybridized carbons (Fsp3) is 0.143. The molecule has 1 rings (SSSR count). The zero-order valence-electron chi connectivity index (χ0n) is 5.29. The minimum Gasteiger partial charge on any atom is -0.206 e. The third kappa shape index (κ3) is 1.50. The molecule has 0 N–H and O–H groups in total. The average molecular weight is 223 g/mol. The lowest BCUT2D eigenvalue weighted by atomic mass is 10.2. The lowest BCUT2D eigenvalue weighted by Crippen LogP contribution is -1.80. The Morgan fingerprint density at radius 1 is 1.50 bits per heavy atom. The smallest absolute Gasteiger partial charge is 0.138 e. The van der Waals surface area contributed by atoms with E-state index in [9.17, 15) is 4.39 Å². The Bertz CT molecular complexity index is 210. The van der Waals surface area contributed by atoms with Crippen molar-refractivity contribution in [3.8, 4) is 0 Å². The highest BCUT2D eigenvalue weighted by molar-refractivity contribution is 9.10. The molecule has 1 aromatic carbocycles. The van der Waals surface area contributed by atoms with Crippen LogP contribution in [-0.2, 0) is 0 Å². The van der Waals surface area contributed by atoms with Crippen LogP contribution in [0.1, 0.15) is 5.56 Å². The molecule has 0 unspecified atom stereocenters. The van der Waals surface area contributed by atoms with Crippen LogP contribution in [0.25, 0.3) is 0 Å². The Hall–Kier alpha value is -0.0800. The zero-order chi connectivity index (χ0) is 7.72. The molecule has 0 aromatic heterocycles. The summed E-state index contributed by atoms with van der Waals surface area (Å²) in [5, 5.41) is 0.459. The van der Waals surface area contributed by atoms with Crippen molar-refractivity contribution < 1.29 is 4.39 Å². The van der Waals surface area contributed by atoms with Gasteiger partial charge in [-0.15, -0.1) is 0 Å². The molecule has 0 fully saturated rings. The van der Waals surface area contributed by atoms with Crippen LogP contribution in [-0.4, -0.2) is 0 Å². The quantitative estimate of drug-likeness (QED) is 0.590. The summed E-state index contributed by atoms with van der Waals surface area (Å²) in [5.41, 5.74) is 0.870. The van der Waals surface area contributed by atoms with Gasteiger partial charge in [0.1, 0.15) is 5.82 Å². The number of hydrogen-bond donors (Lipinski definition) is 0. The molecule has 0 bridgehead atoms. The molecule has 0 aliphatic rings. The van der Waals surface area contributed by atoms with Crippen molar-refractivity contribution in [3.05, 3.63) is 33.0 Å². The first-order valence-corrected chi connectivity index (χ1v) is 3.89. The van der Waals surface area contributed by atoms with Crippen LogP contribution in [0.3, 0.4) is 0 Å². The van der Waals surface area contributed by atoms with Gasteiger partial charge in [-0.05, 0) is 40.5 Å². The second kappa shape index (κ2) is 2.89. The van der Waals surface area contributed by atoms with E-state index in [2.05, 4.69) is 15.9 Å². The highest BCUT2D eigenvalue weighted by atomic mass is 79.9. The van der Waals surface area contributed by atoms with Crippen molar-refractivity contribution >= 4 is 27.5 Å². The van der Waals surface area contributed by atoms with Crippen molar-refractivity contribution in [1.29, 1.82) is 0 Å². The molecule has 0 saturated carbocycles. The monoisotopic (exact) mass is 222 g/mol. The van der Waals surface area contributed by atoms with Gasteiger partial charge in [0.25, 0.3) is 0 Å². The van der Waals surface area contributed by atoms with Crippen LogP contribution in [0.5, 0.6) is 0 Å². The molecule has 10 heavy (non-hydrogen) atoms. The summed E-state index contributed by atoms with van der Waals surface area (Å²) < 4.78 is 13.1. The van der Waals surface area contributed by atoms with Gasteiger partial charge in [0.05, 0.1) is 4.47 Å². The molecule has 3 heteroatoms. The maximum atomic E-state index is 12.6. The molecule has 0 atom stereocenters. The Balaban J connectivity index is 3.28. The Morgan fingerprint density at radius 3 is 2.60 bits per heavy atom. The predicted molar refractivity (Wildman–Crippen MR) is 43.8 cm³/mol. The molecule has 1 aromatic rings. The van der Waals surface area contributed by atoms with Crippen molar-refractivity contribution in [3.63, 3.8) is 0 Å². The van der Waals surface area contributed by atoms with E-state index in [0.29, 0.717) is 9.50 Å². The number of rotatable bonds is 0. The van der Waals surface area contributed by atoms with Crippen LogP contribution in [0.15, 0.2) is 16.6 Å². The van der Waals surface area contributed by atoms with Crippen LogP contribution >= 0.6 is 27.5 Å². The largest absolute Gasteiger partial charge is 0.206 e. The maximum absolute atomic E-state index is 12.6. The van der Waals surface area contributed by atoms with E-state index in [4.69, 9.17) is 11.6 Å². The maximum Gasteiger partial charge on any atom is 0.138 e. The summed E-state index contributed by atoms with van der Waals surface area (Å²) >= 11 is 8.67. The zero-order valence-corrected chi connectivity index (χ0v) is 7.63. The first-order chi connectivity index (χ1) is 4.61. The molecular weight excluding hydrogens is 218 g/mol. The van der Waals surface area contributed by atoms with Gasteiger partial charge < -0.3 is 0 Å². The fourth-order valence-electron chi connectivity index (χ4n) is 0.622. The first-order valence-electron chi connectivity index (χ1n) is 2.72. The standard InChI is InChI=1S/C7H5BrClF/c1-4-2-5(8)7(10)3-6(4)9/h2-3H,1H3. The van der Waals surface area contributed by atoms with Gasteiger partial charge in [0.2, 0.25) is 0 Å². The lowest BCUT2D eigenvalue weighted by molar-refractivity contribution is 0.621.